The van der Waals surface area contributed by atoms with Gasteiger partial charge in [-0.25, -0.2) is 9.18 Å². The van der Waals surface area contributed by atoms with Crippen LogP contribution < -0.4 is 5.32 Å². The number of nitrogens with zero attached hydrogens (tertiary/aromatic N) is 2. The highest BCUT2D eigenvalue weighted by Crippen LogP contribution is 2.07. The SMILES string of the molecule is Cc1cc(C)n(CC(=O)N[C@H](Cc2ccc(F)cc2)C(=O)O)n1. The van der Waals surface area contributed by atoms with Gasteiger partial charge in [-0.3, -0.25) is 9.48 Å². The Hall–Kier alpha value is -2.70. The molecule has 122 valence electrons. The molecule has 1 aromatic carbocycles. The Kier molecular flexibility index (Phi) is 5.10. The highest BCUT2D eigenvalue weighted by molar-refractivity contribution is 5.83. The quantitative estimate of drug-likeness (QED) is 0.844. The van der Waals surface area contributed by atoms with Crippen molar-refractivity contribution in [2.75, 3.05) is 0 Å². The van der Waals surface area contributed by atoms with Gasteiger partial charge in [0.15, 0.2) is 0 Å². The fraction of sp³-hybridized carbons (Fsp3) is 0.312. The van der Waals surface area contributed by atoms with Gasteiger partial charge in [-0.05, 0) is 37.6 Å². The van der Waals surface area contributed by atoms with Crippen molar-refractivity contribution >= 4 is 11.9 Å². The first-order chi connectivity index (χ1) is 10.8. The minimum absolute atomic E-state index is 0.0487. The Labute approximate surface area is 132 Å². The molecule has 0 unspecified atom stereocenters. The van der Waals surface area contributed by atoms with Crippen LogP contribution in [0.1, 0.15) is 17.0 Å². The molecule has 0 aliphatic heterocycles. The highest BCUT2D eigenvalue weighted by atomic mass is 19.1. The van der Waals surface area contributed by atoms with E-state index in [9.17, 15) is 19.1 Å². The average Bonchev–Trinajstić information content (AvgIpc) is 2.78. The van der Waals surface area contributed by atoms with Gasteiger partial charge in [-0.1, -0.05) is 12.1 Å². The number of benzene rings is 1. The number of halogens is 1. The monoisotopic (exact) mass is 319 g/mol. The average molecular weight is 319 g/mol. The molecular formula is C16H18FN3O3. The lowest BCUT2D eigenvalue weighted by molar-refractivity contribution is -0.141. The number of nitrogens with one attached hydrogen (secondary N) is 1. The van der Waals surface area contributed by atoms with Gasteiger partial charge in [0.2, 0.25) is 5.91 Å². The maximum absolute atomic E-state index is 12.9. The van der Waals surface area contributed by atoms with E-state index >= 15 is 0 Å². The zero-order valence-electron chi connectivity index (χ0n) is 12.9. The number of carbonyl (C=O) groups excluding carboxylic acids is 1. The molecule has 1 aromatic heterocycles. The second kappa shape index (κ2) is 7.04. The predicted octanol–water partition coefficient (Wildman–Crippen LogP) is 1.45. The fourth-order valence-corrected chi connectivity index (χ4v) is 2.27. The second-order valence-electron chi connectivity index (χ2n) is 5.37. The van der Waals surface area contributed by atoms with Gasteiger partial charge in [0.05, 0.1) is 5.69 Å². The molecule has 0 fully saturated rings. The number of hydrogen-bond acceptors (Lipinski definition) is 3. The van der Waals surface area contributed by atoms with Crippen LogP contribution in [0.15, 0.2) is 30.3 Å². The first-order valence-corrected chi connectivity index (χ1v) is 7.13. The zero-order chi connectivity index (χ0) is 17.0. The van der Waals surface area contributed by atoms with Crippen LogP contribution >= 0.6 is 0 Å². The van der Waals surface area contributed by atoms with Crippen molar-refractivity contribution in [1.29, 1.82) is 0 Å². The van der Waals surface area contributed by atoms with E-state index in [-0.39, 0.29) is 13.0 Å². The molecule has 2 rings (SSSR count). The zero-order valence-corrected chi connectivity index (χ0v) is 12.9. The summed E-state index contributed by atoms with van der Waals surface area (Å²) >= 11 is 0. The first-order valence-electron chi connectivity index (χ1n) is 7.13. The van der Waals surface area contributed by atoms with E-state index in [1.165, 1.54) is 28.9 Å². The lowest BCUT2D eigenvalue weighted by Crippen LogP contribution is -2.43. The minimum Gasteiger partial charge on any atom is -0.480 e. The smallest absolute Gasteiger partial charge is 0.326 e. The van der Waals surface area contributed by atoms with Crippen molar-refractivity contribution in [3.8, 4) is 0 Å². The summed E-state index contributed by atoms with van der Waals surface area (Å²) in [5.74, 6) is -1.98. The normalized spacial score (nSPS) is 12.0. The molecule has 0 saturated heterocycles. The molecule has 1 amide bonds. The molecular weight excluding hydrogens is 301 g/mol. The van der Waals surface area contributed by atoms with Crippen LogP contribution in [0.4, 0.5) is 4.39 Å². The molecule has 2 aromatic rings. The van der Waals surface area contributed by atoms with Crippen LogP contribution in [0.3, 0.4) is 0 Å². The Balaban J connectivity index is 2.01. The van der Waals surface area contributed by atoms with Gasteiger partial charge < -0.3 is 10.4 Å². The van der Waals surface area contributed by atoms with Crippen LogP contribution in [0.5, 0.6) is 0 Å². The molecule has 1 atom stereocenters. The number of rotatable bonds is 6. The van der Waals surface area contributed by atoms with E-state index in [4.69, 9.17) is 0 Å². The summed E-state index contributed by atoms with van der Waals surface area (Å²) in [7, 11) is 0. The summed E-state index contributed by atoms with van der Waals surface area (Å²) in [5, 5.41) is 15.9. The third kappa shape index (κ3) is 4.64. The van der Waals surface area contributed by atoms with Crippen molar-refractivity contribution in [3.05, 3.63) is 53.1 Å². The molecule has 0 radical (unpaired) electrons. The van der Waals surface area contributed by atoms with Gasteiger partial charge in [-0.15, -0.1) is 0 Å². The molecule has 6 nitrogen and oxygen atoms in total. The fourth-order valence-electron chi connectivity index (χ4n) is 2.27. The summed E-state index contributed by atoms with van der Waals surface area (Å²) in [5.41, 5.74) is 2.24. The van der Waals surface area contributed by atoms with Crippen molar-refractivity contribution in [2.24, 2.45) is 0 Å². The van der Waals surface area contributed by atoms with Crippen LogP contribution in [0.2, 0.25) is 0 Å². The number of carboxylic acid groups (broad SMARTS) is 1. The van der Waals surface area contributed by atoms with E-state index in [2.05, 4.69) is 10.4 Å². The van der Waals surface area contributed by atoms with Crippen LogP contribution in [0, 0.1) is 19.7 Å². The summed E-state index contributed by atoms with van der Waals surface area (Å²) in [6.07, 6.45) is 0.0818. The maximum atomic E-state index is 12.9. The standard InChI is InChI=1S/C16H18FN3O3/c1-10-7-11(2)20(19-10)9-15(21)18-14(16(22)23)8-12-3-5-13(17)6-4-12/h3-7,14H,8-9H2,1-2H3,(H,18,21)(H,22,23)/t14-/m1/s1. The summed E-state index contributed by atoms with van der Waals surface area (Å²) < 4.78 is 14.4. The van der Waals surface area contributed by atoms with Crippen molar-refractivity contribution in [1.82, 2.24) is 15.1 Å². The third-order valence-corrected chi connectivity index (χ3v) is 3.38. The summed E-state index contributed by atoms with van der Waals surface area (Å²) in [6.45, 7) is 3.59. The second-order valence-corrected chi connectivity index (χ2v) is 5.37. The van der Waals surface area contributed by atoms with Crippen molar-refractivity contribution in [2.45, 2.75) is 32.9 Å². The Morgan fingerprint density at radius 3 is 2.48 bits per heavy atom. The lowest BCUT2D eigenvalue weighted by atomic mass is 10.1. The Bertz CT molecular complexity index is 710. The van der Waals surface area contributed by atoms with E-state index in [0.717, 1.165) is 11.4 Å². The van der Waals surface area contributed by atoms with Gasteiger partial charge in [0.1, 0.15) is 18.4 Å². The maximum Gasteiger partial charge on any atom is 0.326 e. The van der Waals surface area contributed by atoms with E-state index in [1.54, 1.807) is 0 Å². The van der Waals surface area contributed by atoms with Gasteiger partial charge in [0.25, 0.3) is 0 Å². The first kappa shape index (κ1) is 16.7. The number of aromatic nitrogens is 2. The van der Waals surface area contributed by atoms with Gasteiger partial charge in [0, 0.05) is 12.1 Å². The third-order valence-electron chi connectivity index (χ3n) is 3.38. The van der Waals surface area contributed by atoms with E-state index < -0.39 is 23.7 Å². The summed E-state index contributed by atoms with van der Waals surface area (Å²) in [6, 6.07) is 6.26. The number of carbonyl (C=O) groups is 2. The van der Waals surface area contributed by atoms with Crippen LogP contribution in [-0.2, 0) is 22.6 Å². The molecule has 2 N–H and O–H groups in total. The molecule has 23 heavy (non-hydrogen) atoms. The Morgan fingerprint density at radius 2 is 1.96 bits per heavy atom. The molecule has 0 bridgehead atoms. The van der Waals surface area contributed by atoms with Crippen LogP contribution in [-0.4, -0.2) is 32.8 Å². The molecule has 1 heterocycles. The molecule has 0 saturated carbocycles. The van der Waals surface area contributed by atoms with E-state index in [0.29, 0.717) is 5.56 Å². The Morgan fingerprint density at radius 1 is 1.30 bits per heavy atom. The molecule has 0 aliphatic carbocycles. The number of hydrogen-bond donors (Lipinski definition) is 2. The molecule has 0 aliphatic rings. The highest BCUT2D eigenvalue weighted by Gasteiger charge is 2.21. The number of amides is 1. The van der Waals surface area contributed by atoms with Crippen LogP contribution in [0.25, 0.3) is 0 Å². The van der Waals surface area contributed by atoms with Crippen molar-refractivity contribution in [3.63, 3.8) is 0 Å². The molecule has 0 spiro atoms. The lowest BCUT2D eigenvalue weighted by Gasteiger charge is -2.15. The summed E-state index contributed by atoms with van der Waals surface area (Å²) in [4.78, 5) is 23.4. The largest absolute Gasteiger partial charge is 0.480 e. The van der Waals surface area contributed by atoms with Gasteiger partial charge in [-0.2, -0.15) is 5.10 Å². The topological polar surface area (TPSA) is 84.2 Å². The van der Waals surface area contributed by atoms with E-state index in [1.807, 2.05) is 19.9 Å². The predicted molar refractivity (Wildman–Crippen MR) is 81.4 cm³/mol. The number of aliphatic carboxylic acids is 1. The van der Waals surface area contributed by atoms with Gasteiger partial charge >= 0.3 is 5.97 Å². The number of carboxylic acids is 1. The number of aryl methyl sites for hydroxylation is 2. The minimum atomic E-state index is -1.14. The van der Waals surface area contributed by atoms with Crippen molar-refractivity contribution < 1.29 is 19.1 Å². The molecule has 7 heteroatoms.